The van der Waals surface area contributed by atoms with Crippen molar-refractivity contribution in [3.8, 4) is 0 Å². The van der Waals surface area contributed by atoms with Gasteiger partial charge in [-0.25, -0.2) is 4.72 Å². The van der Waals surface area contributed by atoms with Crippen molar-refractivity contribution in [1.29, 1.82) is 0 Å². The van der Waals surface area contributed by atoms with Gasteiger partial charge in [0.2, 0.25) is 0 Å². The summed E-state index contributed by atoms with van der Waals surface area (Å²) >= 11 is 0. The molecule has 7 heteroatoms. The molecule has 0 aromatic heterocycles. The number of rotatable bonds is 6. The van der Waals surface area contributed by atoms with Gasteiger partial charge in [-0.3, -0.25) is 4.79 Å². The number of nitrogens with one attached hydrogen (secondary N) is 2. The molecule has 0 bridgehead atoms. The van der Waals surface area contributed by atoms with Crippen LogP contribution in [0.25, 0.3) is 0 Å². The van der Waals surface area contributed by atoms with E-state index in [4.69, 9.17) is 5.11 Å². The molecular formula is C11H22N2O4S. The first kappa shape index (κ1) is 15.4. The van der Waals surface area contributed by atoms with E-state index in [0.29, 0.717) is 6.42 Å². The summed E-state index contributed by atoms with van der Waals surface area (Å²) in [6.07, 6.45) is 3.28. The van der Waals surface area contributed by atoms with Gasteiger partial charge in [0.25, 0.3) is 10.2 Å². The number of carboxylic acid groups (broad SMARTS) is 1. The number of carboxylic acids is 1. The van der Waals surface area contributed by atoms with Crippen molar-refractivity contribution < 1.29 is 18.3 Å². The highest BCUT2D eigenvalue weighted by Crippen LogP contribution is 2.29. The first-order chi connectivity index (χ1) is 8.32. The van der Waals surface area contributed by atoms with E-state index in [2.05, 4.69) is 9.44 Å². The van der Waals surface area contributed by atoms with Crippen molar-refractivity contribution in [3.05, 3.63) is 0 Å². The molecule has 0 radical (unpaired) electrons. The van der Waals surface area contributed by atoms with Crippen LogP contribution >= 0.6 is 0 Å². The highest BCUT2D eigenvalue weighted by Gasteiger charge is 2.31. The third-order valence-electron chi connectivity index (χ3n) is 3.15. The molecule has 1 aliphatic carbocycles. The highest BCUT2D eigenvalue weighted by molar-refractivity contribution is 7.87. The summed E-state index contributed by atoms with van der Waals surface area (Å²) in [7, 11) is -3.52. The Morgan fingerprint density at radius 3 is 2.50 bits per heavy atom. The molecule has 2 atom stereocenters. The van der Waals surface area contributed by atoms with E-state index < -0.39 is 22.1 Å². The number of aliphatic carboxylic acids is 1. The topological polar surface area (TPSA) is 95.5 Å². The van der Waals surface area contributed by atoms with Crippen molar-refractivity contribution in [1.82, 2.24) is 9.44 Å². The van der Waals surface area contributed by atoms with Crippen molar-refractivity contribution in [2.75, 3.05) is 6.54 Å². The van der Waals surface area contributed by atoms with Crippen LogP contribution < -0.4 is 9.44 Å². The van der Waals surface area contributed by atoms with Crippen LogP contribution in [0.15, 0.2) is 0 Å². The summed E-state index contributed by atoms with van der Waals surface area (Å²) in [5, 5.41) is 9.09. The summed E-state index contributed by atoms with van der Waals surface area (Å²) in [6, 6.07) is -0.177. The van der Waals surface area contributed by atoms with Gasteiger partial charge in [0.1, 0.15) is 0 Å². The fourth-order valence-corrected chi connectivity index (χ4v) is 3.48. The maximum atomic E-state index is 11.6. The Morgan fingerprint density at radius 2 is 1.94 bits per heavy atom. The molecule has 6 nitrogen and oxygen atoms in total. The second-order valence-corrected chi connectivity index (χ2v) is 6.64. The Kier molecular flexibility index (Phi) is 5.55. The van der Waals surface area contributed by atoms with Crippen molar-refractivity contribution in [3.63, 3.8) is 0 Å². The lowest BCUT2D eigenvalue weighted by atomic mass is 9.79. The quantitative estimate of drug-likeness (QED) is 0.667. The zero-order valence-corrected chi connectivity index (χ0v) is 11.7. The fourth-order valence-electron chi connectivity index (χ4n) is 2.35. The van der Waals surface area contributed by atoms with Gasteiger partial charge >= 0.3 is 5.97 Å². The van der Waals surface area contributed by atoms with Crippen LogP contribution in [-0.2, 0) is 15.0 Å². The lowest BCUT2D eigenvalue weighted by molar-refractivity contribution is -0.144. The fraction of sp³-hybridized carbons (Fsp3) is 0.909. The van der Waals surface area contributed by atoms with Crippen LogP contribution in [0, 0.1) is 11.8 Å². The van der Waals surface area contributed by atoms with Gasteiger partial charge in [0.15, 0.2) is 0 Å². The summed E-state index contributed by atoms with van der Waals surface area (Å²) < 4.78 is 28.0. The molecule has 1 aliphatic rings. The molecule has 0 aromatic rings. The van der Waals surface area contributed by atoms with Crippen LogP contribution in [0.5, 0.6) is 0 Å². The third kappa shape index (κ3) is 4.91. The lowest BCUT2D eigenvalue weighted by Gasteiger charge is -2.28. The second-order valence-electron chi connectivity index (χ2n) is 5.11. The van der Waals surface area contributed by atoms with Gasteiger partial charge in [-0.05, 0) is 32.6 Å². The molecule has 106 valence electrons. The van der Waals surface area contributed by atoms with E-state index in [0.717, 1.165) is 19.3 Å². The molecule has 0 aliphatic heterocycles. The minimum Gasteiger partial charge on any atom is -0.481 e. The van der Waals surface area contributed by atoms with Crippen LogP contribution in [0.4, 0.5) is 0 Å². The normalized spacial score (nSPS) is 25.3. The number of hydrogen-bond acceptors (Lipinski definition) is 3. The smallest absolute Gasteiger partial charge is 0.306 e. The van der Waals surface area contributed by atoms with Gasteiger partial charge in [0.05, 0.1) is 5.92 Å². The number of hydrogen-bond donors (Lipinski definition) is 3. The average Bonchev–Trinajstić information content (AvgIpc) is 2.25. The zero-order chi connectivity index (χ0) is 13.8. The largest absolute Gasteiger partial charge is 0.481 e. The van der Waals surface area contributed by atoms with Gasteiger partial charge in [0, 0.05) is 12.6 Å². The van der Waals surface area contributed by atoms with E-state index in [9.17, 15) is 13.2 Å². The van der Waals surface area contributed by atoms with Crippen LogP contribution in [0.3, 0.4) is 0 Å². The Bertz CT molecular complexity index is 381. The first-order valence-electron chi connectivity index (χ1n) is 6.31. The zero-order valence-electron chi connectivity index (χ0n) is 10.8. The molecular weight excluding hydrogens is 256 g/mol. The Balaban J connectivity index is 2.53. The summed E-state index contributed by atoms with van der Waals surface area (Å²) in [5.41, 5.74) is 0. The maximum Gasteiger partial charge on any atom is 0.306 e. The molecule has 3 N–H and O–H groups in total. The second kappa shape index (κ2) is 6.49. The standard InChI is InChI=1S/C11H22N2O4S/c1-8(2)13-18(16,17)12-7-9-5-3-4-6-10(9)11(14)15/h8-10,12-13H,3-7H2,1-2H3,(H,14,15). The van der Waals surface area contributed by atoms with E-state index in [1.807, 2.05) is 0 Å². The Labute approximate surface area is 108 Å². The molecule has 0 saturated heterocycles. The van der Waals surface area contributed by atoms with E-state index >= 15 is 0 Å². The van der Waals surface area contributed by atoms with Crippen LogP contribution in [0.1, 0.15) is 39.5 Å². The van der Waals surface area contributed by atoms with Crippen LogP contribution in [-0.4, -0.2) is 32.1 Å². The van der Waals surface area contributed by atoms with Crippen molar-refractivity contribution in [2.45, 2.75) is 45.6 Å². The molecule has 18 heavy (non-hydrogen) atoms. The van der Waals surface area contributed by atoms with Crippen molar-refractivity contribution in [2.24, 2.45) is 11.8 Å². The average molecular weight is 278 g/mol. The molecule has 0 spiro atoms. The predicted octanol–water partition coefficient (Wildman–Crippen LogP) is 0.710. The first-order valence-corrected chi connectivity index (χ1v) is 7.80. The Morgan fingerprint density at radius 1 is 1.33 bits per heavy atom. The number of carbonyl (C=O) groups is 1. The molecule has 0 heterocycles. The molecule has 2 unspecified atom stereocenters. The minimum atomic E-state index is -3.52. The molecule has 1 saturated carbocycles. The van der Waals surface area contributed by atoms with Crippen molar-refractivity contribution >= 4 is 16.2 Å². The molecule has 0 aromatic carbocycles. The maximum absolute atomic E-state index is 11.6. The molecule has 1 fully saturated rings. The summed E-state index contributed by atoms with van der Waals surface area (Å²) in [6.45, 7) is 3.67. The van der Waals surface area contributed by atoms with E-state index in [1.165, 1.54) is 0 Å². The van der Waals surface area contributed by atoms with Gasteiger partial charge < -0.3 is 5.11 Å². The Hall–Kier alpha value is -0.660. The monoisotopic (exact) mass is 278 g/mol. The minimum absolute atomic E-state index is 0.111. The predicted molar refractivity (Wildman–Crippen MR) is 68.3 cm³/mol. The van der Waals surface area contributed by atoms with Gasteiger partial charge in [-0.2, -0.15) is 13.1 Å². The lowest BCUT2D eigenvalue weighted by Crippen LogP contribution is -2.44. The molecule has 0 amide bonds. The SMILES string of the molecule is CC(C)NS(=O)(=O)NCC1CCCCC1C(=O)O. The third-order valence-corrected chi connectivity index (χ3v) is 4.48. The summed E-state index contributed by atoms with van der Waals surface area (Å²) in [5.74, 6) is -1.36. The van der Waals surface area contributed by atoms with Gasteiger partial charge in [-0.1, -0.05) is 12.8 Å². The highest BCUT2D eigenvalue weighted by atomic mass is 32.2. The van der Waals surface area contributed by atoms with Gasteiger partial charge in [-0.15, -0.1) is 0 Å². The van der Waals surface area contributed by atoms with E-state index in [-0.39, 0.29) is 18.5 Å². The molecule has 1 rings (SSSR count). The summed E-state index contributed by atoms with van der Waals surface area (Å²) in [4.78, 5) is 11.1. The van der Waals surface area contributed by atoms with Crippen LogP contribution in [0.2, 0.25) is 0 Å². The van der Waals surface area contributed by atoms with E-state index in [1.54, 1.807) is 13.8 Å².